The lowest BCUT2D eigenvalue weighted by atomic mass is 10.0. The number of carboxylic acids is 2. The first-order chi connectivity index (χ1) is 12.6. The van der Waals surface area contributed by atoms with Gasteiger partial charge in [0, 0.05) is 0 Å². The van der Waals surface area contributed by atoms with Gasteiger partial charge in [-0.15, -0.1) is 0 Å². The molecular weight excluding hydrogens is 348 g/mol. The van der Waals surface area contributed by atoms with Gasteiger partial charge in [0.1, 0.15) is 0 Å². The molecule has 2 rings (SSSR count). The molecule has 0 aliphatic heterocycles. The lowest BCUT2D eigenvalue weighted by Gasteiger charge is -2.15. The van der Waals surface area contributed by atoms with Crippen molar-refractivity contribution < 1.29 is 30.0 Å². The monoisotopic (exact) mass is 376 g/mol. The SMILES string of the molecule is CC(O)CC(O)C(C)C.O=C(O)c1ccccc1.O=C(O)c1ccccc1. The van der Waals surface area contributed by atoms with Crippen LogP contribution < -0.4 is 0 Å². The smallest absolute Gasteiger partial charge is 0.335 e. The lowest BCUT2D eigenvalue weighted by molar-refractivity contribution is 0.0612. The summed E-state index contributed by atoms with van der Waals surface area (Å²) >= 11 is 0. The highest BCUT2D eigenvalue weighted by Gasteiger charge is 2.10. The molecule has 0 saturated carbocycles. The second kappa shape index (κ2) is 13.5. The van der Waals surface area contributed by atoms with Crippen molar-refractivity contribution in [2.45, 2.75) is 39.4 Å². The van der Waals surface area contributed by atoms with Crippen LogP contribution in [0.2, 0.25) is 0 Å². The Morgan fingerprint density at radius 1 is 0.741 bits per heavy atom. The minimum atomic E-state index is -0.879. The highest BCUT2D eigenvalue weighted by molar-refractivity contribution is 5.87. The molecule has 6 heteroatoms. The van der Waals surface area contributed by atoms with Gasteiger partial charge in [-0.2, -0.15) is 0 Å². The second-order valence-corrected chi connectivity index (χ2v) is 6.24. The summed E-state index contributed by atoms with van der Waals surface area (Å²) in [6.45, 7) is 5.56. The Labute approximate surface area is 159 Å². The van der Waals surface area contributed by atoms with Gasteiger partial charge >= 0.3 is 11.9 Å². The van der Waals surface area contributed by atoms with Gasteiger partial charge in [-0.3, -0.25) is 0 Å². The van der Waals surface area contributed by atoms with Gasteiger partial charge in [0.2, 0.25) is 0 Å². The first kappa shape index (κ1) is 24.3. The summed E-state index contributed by atoms with van der Waals surface area (Å²) in [7, 11) is 0. The molecule has 2 atom stereocenters. The zero-order valence-corrected chi connectivity index (χ0v) is 15.8. The molecule has 148 valence electrons. The van der Waals surface area contributed by atoms with E-state index in [1.807, 2.05) is 13.8 Å². The summed E-state index contributed by atoms with van der Waals surface area (Å²) in [6, 6.07) is 16.6. The van der Waals surface area contributed by atoms with Gasteiger partial charge in [-0.25, -0.2) is 9.59 Å². The van der Waals surface area contributed by atoms with Crippen molar-refractivity contribution in [3.63, 3.8) is 0 Å². The number of carbonyl (C=O) groups is 2. The average molecular weight is 376 g/mol. The van der Waals surface area contributed by atoms with E-state index >= 15 is 0 Å². The number of aliphatic hydroxyl groups excluding tert-OH is 2. The van der Waals surface area contributed by atoms with Crippen molar-refractivity contribution in [3.05, 3.63) is 71.8 Å². The van der Waals surface area contributed by atoms with E-state index in [0.29, 0.717) is 17.5 Å². The lowest BCUT2D eigenvalue weighted by Crippen LogP contribution is -2.20. The van der Waals surface area contributed by atoms with Gasteiger partial charge in [0.15, 0.2) is 0 Å². The maximum absolute atomic E-state index is 10.2. The summed E-state index contributed by atoms with van der Waals surface area (Å²) in [5, 5.41) is 34.7. The van der Waals surface area contributed by atoms with Crippen LogP contribution in [-0.2, 0) is 0 Å². The Balaban J connectivity index is 0.000000376. The average Bonchev–Trinajstić information content (AvgIpc) is 2.63. The Bertz CT molecular complexity index is 603. The van der Waals surface area contributed by atoms with Crippen molar-refractivity contribution in [1.29, 1.82) is 0 Å². The molecule has 0 amide bonds. The van der Waals surface area contributed by atoms with Crippen LogP contribution >= 0.6 is 0 Å². The van der Waals surface area contributed by atoms with Crippen molar-refractivity contribution >= 4 is 11.9 Å². The predicted octanol–water partition coefficient (Wildman–Crippen LogP) is 3.54. The number of aromatic carboxylic acids is 2. The van der Waals surface area contributed by atoms with Crippen LogP contribution in [0.5, 0.6) is 0 Å². The molecule has 0 aliphatic rings. The molecule has 0 saturated heterocycles. The zero-order chi connectivity index (χ0) is 20.8. The third-order valence-corrected chi connectivity index (χ3v) is 3.39. The summed E-state index contributed by atoms with van der Waals surface area (Å²) in [5.41, 5.74) is 0.662. The fraction of sp³-hybridized carbons (Fsp3) is 0.333. The van der Waals surface area contributed by atoms with E-state index in [2.05, 4.69) is 0 Å². The maximum Gasteiger partial charge on any atom is 0.335 e. The fourth-order valence-electron chi connectivity index (χ4n) is 1.78. The van der Waals surface area contributed by atoms with E-state index in [1.165, 1.54) is 0 Å². The van der Waals surface area contributed by atoms with Crippen molar-refractivity contribution in [2.75, 3.05) is 0 Å². The largest absolute Gasteiger partial charge is 0.478 e. The normalized spacial score (nSPS) is 11.9. The summed E-state index contributed by atoms with van der Waals surface area (Å²) in [6.07, 6.45) is -0.259. The van der Waals surface area contributed by atoms with Gasteiger partial charge in [-0.05, 0) is 43.5 Å². The summed E-state index contributed by atoms with van der Waals surface area (Å²) in [4.78, 5) is 20.4. The highest BCUT2D eigenvalue weighted by atomic mass is 16.4. The van der Waals surface area contributed by atoms with Crippen LogP contribution in [0.1, 0.15) is 47.9 Å². The van der Waals surface area contributed by atoms with E-state index < -0.39 is 11.9 Å². The van der Waals surface area contributed by atoms with Gasteiger partial charge in [0.05, 0.1) is 23.3 Å². The molecule has 0 fully saturated rings. The molecule has 27 heavy (non-hydrogen) atoms. The van der Waals surface area contributed by atoms with E-state index in [0.717, 1.165) is 0 Å². The summed E-state index contributed by atoms with van der Waals surface area (Å²) < 4.78 is 0. The second-order valence-electron chi connectivity index (χ2n) is 6.24. The van der Waals surface area contributed by atoms with Crippen molar-refractivity contribution in [2.24, 2.45) is 5.92 Å². The minimum absolute atomic E-state index is 0.250. The molecule has 2 unspecified atom stereocenters. The Morgan fingerprint density at radius 3 is 1.22 bits per heavy atom. The van der Waals surface area contributed by atoms with Crippen LogP contribution in [0.4, 0.5) is 0 Å². The Hall–Kier alpha value is -2.70. The molecule has 6 nitrogen and oxygen atoms in total. The van der Waals surface area contributed by atoms with Gasteiger partial charge in [0.25, 0.3) is 0 Å². The molecule has 2 aromatic carbocycles. The van der Waals surface area contributed by atoms with E-state index in [-0.39, 0.29) is 18.1 Å². The molecule has 2 aromatic rings. The fourth-order valence-corrected chi connectivity index (χ4v) is 1.78. The van der Waals surface area contributed by atoms with E-state index in [4.69, 9.17) is 20.4 Å². The summed E-state index contributed by atoms with van der Waals surface area (Å²) in [5.74, 6) is -1.51. The van der Waals surface area contributed by atoms with E-state index in [1.54, 1.807) is 67.6 Å². The van der Waals surface area contributed by atoms with Crippen LogP contribution in [-0.4, -0.2) is 44.6 Å². The molecule has 0 aliphatic carbocycles. The third-order valence-electron chi connectivity index (χ3n) is 3.39. The first-order valence-corrected chi connectivity index (χ1v) is 8.58. The molecule has 0 radical (unpaired) electrons. The van der Waals surface area contributed by atoms with Crippen molar-refractivity contribution in [1.82, 2.24) is 0 Å². The Kier molecular flexibility index (Phi) is 12.1. The topological polar surface area (TPSA) is 115 Å². The predicted molar refractivity (Wildman–Crippen MR) is 104 cm³/mol. The van der Waals surface area contributed by atoms with Crippen molar-refractivity contribution in [3.8, 4) is 0 Å². The number of benzene rings is 2. The Morgan fingerprint density at radius 2 is 1.07 bits per heavy atom. The quantitative estimate of drug-likeness (QED) is 0.634. The third kappa shape index (κ3) is 12.3. The van der Waals surface area contributed by atoms with Crippen LogP contribution in [0.3, 0.4) is 0 Å². The van der Waals surface area contributed by atoms with Crippen LogP contribution in [0.15, 0.2) is 60.7 Å². The van der Waals surface area contributed by atoms with Crippen LogP contribution in [0.25, 0.3) is 0 Å². The zero-order valence-electron chi connectivity index (χ0n) is 15.8. The molecule has 4 N–H and O–H groups in total. The number of aliphatic hydroxyl groups is 2. The highest BCUT2D eigenvalue weighted by Crippen LogP contribution is 2.07. The molecule has 0 heterocycles. The number of rotatable bonds is 5. The molecular formula is C21H28O6. The van der Waals surface area contributed by atoms with Crippen LogP contribution in [0, 0.1) is 5.92 Å². The number of hydrogen-bond donors (Lipinski definition) is 4. The van der Waals surface area contributed by atoms with Gasteiger partial charge < -0.3 is 20.4 Å². The number of hydrogen-bond acceptors (Lipinski definition) is 4. The van der Waals surface area contributed by atoms with Gasteiger partial charge in [-0.1, -0.05) is 50.2 Å². The number of carboxylic acid groups (broad SMARTS) is 2. The first-order valence-electron chi connectivity index (χ1n) is 8.58. The maximum atomic E-state index is 10.2. The standard InChI is InChI=1S/2C7H6O2.C7H16O2/c2*8-7(9)6-4-2-1-3-5-6;1-5(2)7(9)4-6(3)8/h2*1-5H,(H,8,9);5-9H,4H2,1-3H3. The van der Waals surface area contributed by atoms with E-state index in [9.17, 15) is 9.59 Å². The molecule has 0 spiro atoms. The minimum Gasteiger partial charge on any atom is -0.478 e. The molecule has 0 bridgehead atoms. The molecule has 0 aromatic heterocycles.